The van der Waals surface area contributed by atoms with E-state index in [1.54, 1.807) is 29.2 Å². The van der Waals surface area contributed by atoms with Crippen molar-refractivity contribution in [2.75, 3.05) is 42.6 Å². The number of nitrogens with zero attached hydrogens (tertiary/aromatic N) is 4. The van der Waals surface area contributed by atoms with E-state index in [0.29, 0.717) is 37.2 Å². The average molecular weight is 492 g/mol. The molecule has 2 amide bonds. The van der Waals surface area contributed by atoms with Gasteiger partial charge in [0, 0.05) is 38.3 Å². The first-order chi connectivity index (χ1) is 16.6. The lowest BCUT2D eigenvalue weighted by molar-refractivity contribution is -0.384. The highest BCUT2D eigenvalue weighted by Gasteiger charge is 2.44. The number of hydrogen-bond donors (Lipinski definition) is 0. The van der Waals surface area contributed by atoms with E-state index in [4.69, 9.17) is 4.74 Å². The highest BCUT2D eigenvalue weighted by molar-refractivity contribution is 6.22. The fourth-order valence-corrected chi connectivity index (χ4v) is 4.44. The maximum Gasteiger partial charge on any atom is 0.416 e. The van der Waals surface area contributed by atoms with Crippen LogP contribution in [0.3, 0.4) is 0 Å². The molecule has 0 saturated carbocycles. The molecule has 186 valence electrons. The number of carbonyl (C=O) groups excluding carboxylic acids is 2. The van der Waals surface area contributed by atoms with Gasteiger partial charge in [-0.3, -0.25) is 24.6 Å². The van der Waals surface area contributed by atoms with Crippen molar-refractivity contribution in [3.8, 4) is 5.75 Å². The van der Waals surface area contributed by atoms with Crippen molar-refractivity contribution in [1.82, 2.24) is 4.90 Å². The number of nitro benzene ring substituents is 1. The van der Waals surface area contributed by atoms with Gasteiger partial charge in [0.1, 0.15) is 11.4 Å². The van der Waals surface area contributed by atoms with E-state index in [2.05, 4.69) is 0 Å². The van der Waals surface area contributed by atoms with Gasteiger partial charge in [-0.2, -0.15) is 13.2 Å². The SMILES string of the molecule is CCOc1cccc(N2C(=O)C[C@@H](N3CCN(c4ccc(C(F)(F)F)cc4[N+](=O)[O-])CC3)C2=O)c1. The molecule has 2 fully saturated rings. The maximum absolute atomic E-state index is 13.1. The Labute approximate surface area is 198 Å². The van der Waals surface area contributed by atoms with Gasteiger partial charge in [-0.05, 0) is 31.2 Å². The minimum Gasteiger partial charge on any atom is -0.494 e. The summed E-state index contributed by atoms with van der Waals surface area (Å²) in [6, 6.07) is 8.50. The van der Waals surface area contributed by atoms with E-state index in [9.17, 15) is 32.9 Å². The number of carbonyl (C=O) groups is 2. The molecule has 2 aromatic rings. The highest BCUT2D eigenvalue weighted by Crippen LogP contribution is 2.37. The smallest absolute Gasteiger partial charge is 0.416 e. The molecule has 2 saturated heterocycles. The summed E-state index contributed by atoms with van der Waals surface area (Å²) in [5, 5.41) is 11.4. The van der Waals surface area contributed by atoms with Crippen LogP contribution in [0.4, 0.5) is 30.2 Å². The van der Waals surface area contributed by atoms with Crippen molar-refractivity contribution in [2.45, 2.75) is 25.6 Å². The van der Waals surface area contributed by atoms with Gasteiger partial charge < -0.3 is 9.64 Å². The molecule has 1 atom stereocenters. The van der Waals surface area contributed by atoms with E-state index in [-0.39, 0.29) is 37.0 Å². The molecule has 0 unspecified atom stereocenters. The van der Waals surface area contributed by atoms with E-state index in [1.807, 2.05) is 11.8 Å². The summed E-state index contributed by atoms with van der Waals surface area (Å²) < 4.78 is 44.4. The predicted octanol–water partition coefficient (Wildman–Crippen LogP) is 3.47. The fourth-order valence-electron chi connectivity index (χ4n) is 4.44. The fraction of sp³-hybridized carbons (Fsp3) is 0.391. The largest absolute Gasteiger partial charge is 0.494 e. The molecule has 0 aromatic heterocycles. The summed E-state index contributed by atoms with van der Waals surface area (Å²) in [5.41, 5.74) is -1.20. The van der Waals surface area contributed by atoms with Gasteiger partial charge in [0.25, 0.3) is 11.6 Å². The topological polar surface area (TPSA) is 96.2 Å². The molecule has 4 rings (SSSR count). The molecule has 0 radical (unpaired) electrons. The second kappa shape index (κ2) is 9.53. The third-order valence-corrected chi connectivity index (χ3v) is 6.10. The lowest BCUT2D eigenvalue weighted by Gasteiger charge is -2.37. The Hall–Kier alpha value is -3.67. The first-order valence-corrected chi connectivity index (χ1v) is 11.0. The summed E-state index contributed by atoms with van der Waals surface area (Å²) in [5.74, 6) is -0.159. The van der Waals surface area contributed by atoms with E-state index in [1.165, 1.54) is 0 Å². The van der Waals surface area contributed by atoms with Crippen LogP contribution >= 0.6 is 0 Å². The van der Waals surface area contributed by atoms with Gasteiger partial charge in [0.05, 0.1) is 35.2 Å². The lowest BCUT2D eigenvalue weighted by Crippen LogP contribution is -2.52. The first kappa shape index (κ1) is 24.5. The first-order valence-electron chi connectivity index (χ1n) is 11.0. The van der Waals surface area contributed by atoms with Crippen molar-refractivity contribution >= 4 is 28.9 Å². The summed E-state index contributed by atoms with van der Waals surface area (Å²) >= 11 is 0. The summed E-state index contributed by atoms with van der Waals surface area (Å²) in [7, 11) is 0. The van der Waals surface area contributed by atoms with Crippen LogP contribution in [-0.2, 0) is 15.8 Å². The number of amides is 2. The Morgan fingerprint density at radius 1 is 1.09 bits per heavy atom. The van der Waals surface area contributed by atoms with Crippen LogP contribution in [-0.4, -0.2) is 60.5 Å². The molecule has 12 heteroatoms. The number of benzene rings is 2. The van der Waals surface area contributed by atoms with Gasteiger partial charge in [0.15, 0.2) is 0 Å². The second-order valence-corrected chi connectivity index (χ2v) is 8.20. The number of hydrogen-bond acceptors (Lipinski definition) is 7. The third-order valence-electron chi connectivity index (χ3n) is 6.10. The lowest BCUT2D eigenvalue weighted by atomic mass is 10.1. The van der Waals surface area contributed by atoms with Crippen molar-refractivity contribution in [2.24, 2.45) is 0 Å². The molecule has 2 aliphatic rings. The summed E-state index contributed by atoms with van der Waals surface area (Å²) in [4.78, 5) is 41.0. The highest BCUT2D eigenvalue weighted by atomic mass is 19.4. The number of ether oxygens (including phenoxy) is 1. The zero-order chi connectivity index (χ0) is 25.3. The van der Waals surface area contributed by atoms with E-state index >= 15 is 0 Å². The molecular formula is C23H23F3N4O5. The van der Waals surface area contributed by atoms with Crippen LogP contribution in [0, 0.1) is 10.1 Å². The zero-order valence-corrected chi connectivity index (χ0v) is 18.8. The third kappa shape index (κ3) is 4.92. The van der Waals surface area contributed by atoms with Crippen molar-refractivity contribution in [3.05, 3.63) is 58.1 Å². The van der Waals surface area contributed by atoms with Crippen molar-refractivity contribution < 1.29 is 32.4 Å². The number of nitro groups is 1. The molecule has 2 aromatic carbocycles. The van der Waals surface area contributed by atoms with E-state index < -0.39 is 28.4 Å². The van der Waals surface area contributed by atoms with Gasteiger partial charge in [-0.15, -0.1) is 0 Å². The number of imide groups is 1. The van der Waals surface area contributed by atoms with Crippen LogP contribution in [0.25, 0.3) is 0 Å². The zero-order valence-electron chi connectivity index (χ0n) is 18.8. The normalized spacial score (nSPS) is 19.4. The van der Waals surface area contributed by atoms with Crippen LogP contribution in [0.15, 0.2) is 42.5 Å². The van der Waals surface area contributed by atoms with Gasteiger partial charge in [-0.1, -0.05) is 6.07 Å². The summed E-state index contributed by atoms with van der Waals surface area (Å²) in [6.07, 6.45) is -4.69. The minimum absolute atomic E-state index is 0.00186. The Morgan fingerprint density at radius 2 is 1.80 bits per heavy atom. The molecule has 0 bridgehead atoms. The Bertz CT molecular complexity index is 1150. The maximum atomic E-state index is 13.1. The van der Waals surface area contributed by atoms with Crippen LogP contribution in [0.1, 0.15) is 18.9 Å². The monoisotopic (exact) mass is 492 g/mol. The van der Waals surface area contributed by atoms with Gasteiger partial charge >= 0.3 is 6.18 Å². The van der Waals surface area contributed by atoms with Gasteiger partial charge in [0.2, 0.25) is 5.91 Å². The van der Waals surface area contributed by atoms with Crippen LogP contribution < -0.4 is 14.5 Å². The molecule has 0 N–H and O–H groups in total. The van der Waals surface area contributed by atoms with Crippen LogP contribution in [0.2, 0.25) is 0 Å². The molecule has 9 nitrogen and oxygen atoms in total. The molecular weight excluding hydrogens is 469 g/mol. The minimum atomic E-state index is -4.69. The Balaban J connectivity index is 1.47. The van der Waals surface area contributed by atoms with Gasteiger partial charge in [-0.25, -0.2) is 4.90 Å². The average Bonchev–Trinajstić information content (AvgIpc) is 3.12. The number of rotatable bonds is 6. The molecule has 0 aliphatic carbocycles. The summed E-state index contributed by atoms with van der Waals surface area (Å²) in [6.45, 7) is 3.40. The number of anilines is 2. The molecule has 2 heterocycles. The molecule has 2 aliphatic heterocycles. The quantitative estimate of drug-likeness (QED) is 0.346. The predicted molar refractivity (Wildman–Crippen MR) is 120 cm³/mol. The van der Waals surface area contributed by atoms with Crippen LogP contribution in [0.5, 0.6) is 5.75 Å². The number of halogens is 3. The Morgan fingerprint density at radius 3 is 2.43 bits per heavy atom. The molecule has 35 heavy (non-hydrogen) atoms. The second-order valence-electron chi connectivity index (χ2n) is 8.20. The molecule has 0 spiro atoms. The Kier molecular flexibility index (Phi) is 6.66. The van der Waals surface area contributed by atoms with Crippen molar-refractivity contribution in [1.29, 1.82) is 0 Å². The number of alkyl halides is 3. The standard InChI is InChI=1S/C23H23F3N4O5/c1-2-35-17-5-3-4-16(13-17)29-21(31)14-20(22(29)32)28-10-8-27(9-11-28)18-7-6-15(23(24,25)26)12-19(18)30(33)34/h3-7,12-13,20H,2,8-11,14H2,1H3/t20-/m1/s1. The van der Waals surface area contributed by atoms with E-state index in [0.717, 1.165) is 17.0 Å². The van der Waals surface area contributed by atoms with Crippen molar-refractivity contribution in [3.63, 3.8) is 0 Å². The number of piperazine rings is 1.